The molecule has 1 aliphatic heterocycles. The molecule has 2 heterocycles. The van der Waals surface area contributed by atoms with Gasteiger partial charge in [0.1, 0.15) is 0 Å². The quantitative estimate of drug-likeness (QED) is 0.676. The standard InChI is InChI=1S/C10H15N3/c1-13-6-9(10(11)7-13)8-3-2-4-12-5-8/h2-5,9-10H,6-7,11H2,1H3/t9-,10-/m0/s1. The molecule has 2 atom stereocenters. The summed E-state index contributed by atoms with van der Waals surface area (Å²) in [5.74, 6) is 0.457. The summed E-state index contributed by atoms with van der Waals surface area (Å²) in [6.45, 7) is 2.03. The summed E-state index contributed by atoms with van der Waals surface area (Å²) in [6, 6.07) is 4.34. The molecule has 0 aromatic carbocycles. The molecule has 1 aromatic rings. The normalized spacial score (nSPS) is 29.4. The van der Waals surface area contributed by atoms with Crippen molar-refractivity contribution in [1.82, 2.24) is 9.88 Å². The second kappa shape index (κ2) is 3.44. The molecule has 2 N–H and O–H groups in total. The largest absolute Gasteiger partial charge is 0.326 e. The van der Waals surface area contributed by atoms with Gasteiger partial charge in [0.25, 0.3) is 0 Å². The minimum Gasteiger partial charge on any atom is -0.326 e. The Balaban J connectivity index is 2.18. The first-order valence-electron chi connectivity index (χ1n) is 4.61. The number of likely N-dealkylation sites (N-methyl/N-ethyl adjacent to an activating group) is 1. The average molecular weight is 177 g/mol. The number of likely N-dealkylation sites (tertiary alicyclic amines) is 1. The first-order chi connectivity index (χ1) is 6.27. The minimum atomic E-state index is 0.259. The molecule has 0 saturated carbocycles. The van der Waals surface area contributed by atoms with Crippen LogP contribution in [-0.4, -0.2) is 36.1 Å². The zero-order valence-electron chi connectivity index (χ0n) is 7.85. The highest BCUT2D eigenvalue weighted by Crippen LogP contribution is 2.24. The van der Waals surface area contributed by atoms with E-state index < -0.39 is 0 Å². The summed E-state index contributed by atoms with van der Waals surface area (Å²) in [5, 5.41) is 0. The molecule has 0 spiro atoms. The van der Waals surface area contributed by atoms with Crippen molar-refractivity contribution < 1.29 is 0 Å². The average Bonchev–Trinajstić information content (AvgIpc) is 2.47. The van der Waals surface area contributed by atoms with Crippen LogP contribution in [0.25, 0.3) is 0 Å². The minimum absolute atomic E-state index is 0.259. The van der Waals surface area contributed by atoms with Crippen LogP contribution < -0.4 is 5.73 Å². The molecule has 0 bridgehead atoms. The smallest absolute Gasteiger partial charge is 0.0303 e. The van der Waals surface area contributed by atoms with Crippen LogP contribution in [0.1, 0.15) is 11.5 Å². The predicted molar refractivity (Wildman–Crippen MR) is 52.5 cm³/mol. The monoisotopic (exact) mass is 177 g/mol. The maximum Gasteiger partial charge on any atom is 0.0303 e. The fraction of sp³-hybridized carbons (Fsp3) is 0.500. The Kier molecular flexibility index (Phi) is 2.29. The van der Waals surface area contributed by atoms with Crippen LogP contribution in [0.4, 0.5) is 0 Å². The van der Waals surface area contributed by atoms with Crippen molar-refractivity contribution in [3.8, 4) is 0 Å². The molecule has 1 fully saturated rings. The van der Waals surface area contributed by atoms with Gasteiger partial charge in [-0.1, -0.05) is 6.07 Å². The zero-order chi connectivity index (χ0) is 9.26. The van der Waals surface area contributed by atoms with Gasteiger partial charge in [-0.05, 0) is 18.7 Å². The lowest BCUT2D eigenvalue weighted by Gasteiger charge is -2.13. The maximum absolute atomic E-state index is 6.03. The first-order valence-corrected chi connectivity index (χ1v) is 4.61. The van der Waals surface area contributed by atoms with E-state index in [4.69, 9.17) is 5.73 Å². The highest BCUT2D eigenvalue weighted by atomic mass is 15.1. The van der Waals surface area contributed by atoms with Gasteiger partial charge in [-0.3, -0.25) is 4.98 Å². The van der Waals surface area contributed by atoms with Crippen LogP contribution in [0.2, 0.25) is 0 Å². The van der Waals surface area contributed by atoms with E-state index in [0.29, 0.717) is 5.92 Å². The molecule has 1 aromatic heterocycles. The number of rotatable bonds is 1. The number of pyridine rings is 1. The van der Waals surface area contributed by atoms with Crippen molar-refractivity contribution >= 4 is 0 Å². The number of hydrogen-bond donors (Lipinski definition) is 1. The van der Waals surface area contributed by atoms with Gasteiger partial charge >= 0.3 is 0 Å². The number of hydrogen-bond acceptors (Lipinski definition) is 3. The molecule has 0 unspecified atom stereocenters. The van der Waals surface area contributed by atoms with E-state index >= 15 is 0 Å². The van der Waals surface area contributed by atoms with E-state index in [2.05, 4.69) is 23.0 Å². The van der Waals surface area contributed by atoms with Gasteiger partial charge in [0, 0.05) is 37.4 Å². The van der Waals surface area contributed by atoms with Crippen LogP contribution in [0.3, 0.4) is 0 Å². The fourth-order valence-electron chi connectivity index (χ4n) is 1.98. The van der Waals surface area contributed by atoms with E-state index in [9.17, 15) is 0 Å². The lowest BCUT2D eigenvalue weighted by atomic mass is 9.97. The SMILES string of the molecule is CN1C[C@H](N)[C@H](c2cccnc2)C1. The summed E-state index contributed by atoms with van der Waals surface area (Å²) in [7, 11) is 2.11. The Morgan fingerprint density at radius 1 is 1.54 bits per heavy atom. The molecule has 1 aliphatic rings. The Morgan fingerprint density at radius 2 is 2.38 bits per heavy atom. The lowest BCUT2D eigenvalue weighted by Crippen LogP contribution is -2.27. The van der Waals surface area contributed by atoms with Crippen LogP contribution >= 0.6 is 0 Å². The van der Waals surface area contributed by atoms with E-state index in [1.54, 1.807) is 6.20 Å². The third-order valence-corrected chi connectivity index (χ3v) is 2.66. The van der Waals surface area contributed by atoms with Crippen LogP contribution in [0.15, 0.2) is 24.5 Å². The molecular formula is C10H15N3. The first kappa shape index (κ1) is 8.66. The van der Waals surface area contributed by atoms with Crippen molar-refractivity contribution in [3.63, 3.8) is 0 Å². The molecular weight excluding hydrogens is 162 g/mol. The molecule has 13 heavy (non-hydrogen) atoms. The number of aromatic nitrogens is 1. The summed E-state index contributed by atoms with van der Waals surface area (Å²) >= 11 is 0. The summed E-state index contributed by atoms with van der Waals surface area (Å²) in [6.07, 6.45) is 3.72. The van der Waals surface area contributed by atoms with Crippen LogP contribution in [0.5, 0.6) is 0 Å². The number of nitrogens with zero attached hydrogens (tertiary/aromatic N) is 2. The predicted octanol–water partition coefficient (Wildman–Crippen LogP) is 0.438. The van der Waals surface area contributed by atoms with Crippen molar-refractivity contribution in [1.29, 1.82) is 0 Å². The van der Waals surface area contributed by atoms with Gasteiger partial charge in [-0.15, -0.1) is 0 Å². The van der Waals surface area contributed by atoms with Gasteiger partial charge in [-0.2, -0.15) is 0 Å². The fourth-order valence-corrected chi connectivity index (χ4v) is 1.98. The molecule has 1 saturated heterocycles. The zero-order valence-corrected chi connectivity index (χ0v) is 7.85. The molecule has 3 nitrogen and oxygen atoms in total. The van der Waals surface area contributed by atoms with Crippen LogP contribution in [-0.2, 0) is 0 Å². The second-order valence-corrected chi connectivity index (χ2v) is 3.78. The molecule has 0 amide bonds. The van der Waals surface area contributed by atoms with Crippen molar-refractivity contribution in [2.45, 2.75) is 12.0 Å². The van der Waals surface area contributed by atoms with E-state index in [1.165, 1.54) is 5.56 Å². The third-order valence-electron chi connectivity index (χ3n) is 2.66. The van der Waals surface area contributed by atoms with Crippen molar-refractivity contribution in [3.05, 3.63) is 30.1 Å². The second-order valence-electron chi connectivity index (χ2n) is 3.78. The summed E-state index contributed by atoms with van der Waals surface area (Å²) in [5.41, 5.74) is 7.30. The Morgan fingerprint density at radius 3 is 2.92 bits per heavy atom. The van der Waals surface area contributed by atoms with Gasteiger partial charge in [0.2, 0.25) is 0 Å². The van der Waals surface area contributed by atoms with E-state index in [1.807, 2.05) is 12.3 Å². The van der Waals surface area contributed by atoms with Crippen molar-refractivity contribution in [2.75, 3.05) is 20.1 Å². The molecule has 0 aliphatic carbocycles. The van der Waals surface area contributed by atoms with Crippen molar-refractivity contribution in [2.24, 2.45) is 5.73 Å². The van der Waals surface area contributed by atoms with Gasteiger partial charge in [-0.25, -0.2) is 0 Å². The summed E-state index contributed by atoms with van der Waals surface area (Å²) < 4.78 is 0. The molecule has 70 valence electrons. The Bertz CT molecular complexity index is 273. The molecule has 0 radical (unpaired) electrons. The molecule has 3 heteroatoms. The topological polar surface area (TPSA) is 42.1 Å². The summed E-state index contributed by atoms with van der Waals surface area (Å²) in [4.78, 5) is 6.38. The Hall–Kier alpha value is -0.930. The number of nitrogens with two attached hydrogens (primary N) is 1. The highest BCUT2D eigenvalue weighted by molar-refractivity contribution is 5.19. The lowest BCUT2D eigenvalue weighted by molar-refractivity contribution is 0.407. The van der Waals surface area contributed by atoms with Gasteiger partial charge in [0.05, 0.1) is 0 Å². The van der Waals surface area contributed by atoms with Gasteiger partial charge < -0.3 is 10.6 Å². The van der Waals surface area contributed by atoms with E-state index in [-0.39, 0.29) is 6.04 Å². The highest BCUT2D eigenvalue weighted by Gasteiger charge is 2.28. The molecule has 2 rings (SSSR count). The van der Waals surface area contributed by atoms with E-state index in [0.717, 1.165) is 13.1 Å². The Labute approximate surface area is 78.6 Å². The van der Waals surface area contributed by atoms with Gasteiger partial charge in [0.15, 0.2) is 0 Å². The maximum atomic E-state index is 6.03. The van der Waals surface area contributed by atoms with Crippen LogP contribution in [0, 0.1) is 0 Å². The third kappa shape index (κ3) is 1.71.